The highest BCUT2D eigenvalue weighted by atomic mass is 19.1. The van der Waals surface area contributed by atoms with E-state index < -0.39 is 6.10 Å². The van der Waals surface area contributed by atoms with Crippen LogP contribution in [0.25, 0.3) is 0 Å². The number of carbonyl (C=O) groups is 3. The maximum Gasteiger partial charge on any atom is 0.322 e. The van der Waals surface area contributed by atoms with Crippen molar-refractivity contribution in [2.75, 3.05) is 44.2 Å². The maximum absolute atomic E-state index is 14.1. The van der Waals surface area contributed by atoms with Gasteiger partial charge in [0.1, 0.15) is 12.4 Å². The van der Waals surface area contributed by atoms with Crippen molar-refractivity contribution in [2.45, 2.75) is 33.5 Å². The Hall–Kier alpha value is -3.46. The third-order valence-corrected chi connectivity index (χ3v) is 6.44. The van der Waals surface area contributed by atoms with E-state index in [0.717, 1.165) is 5.56 Å². The van der Waals surface area contributed by atoms with Gasteiger partial charge in [0.2, 0.25) is 5.91 Å². The molecule has 4 amide bonds. The number of amides is 4. The van der Waals surface area contributed by atoms with Gasteiger partial charge in [0.25, 0.3) is 5.91 Å². The molecule has 2 aliphatic rings. The Labute approximate surface area is 211 Å². The summed E-state index contributed by atoms with van der Waals surface area (Å²) in [6, 6.07) is 11.4. The molecule has 1 atom stereocenters. The summed E-state index contributed by atoms with van der Waals surface area (Å²) in [6.07, 6.45) is -0.479. The van der Waals surface area contributed by atoms with Gasteiger partial charge in [-0.25, -0.2) is 9.18 Å². The zero-order chi connectivity index (χ0) is 25.8. The molecule has 0 bridgehead atoms. The van der Waals surface area contributed by atoms with Crippen LogP contribution in [0.2, 0.25) is 0 Å². The SMILES string of the molecule is Cc1ccc(C(=O)N2CC(=O)N(CC(C)C)CC(OCc3ccccc3F)C2)cc1N1CCNC1=O. The van der Waals surface area contributed by atoms with Crippen molar-refractivity contribution < 1.29 is 23.5 Å². The second kappa shape index (κ2) is 11.1. The third-order valence-electron chi connectivity index (χ3n) is 6.44. The summed E-state index contributed by atoms with van der Waals surface area (Å²) in [5.74, 6) is -0.572. The Balaban J connectivity index is 1.56. The Morgan fingerprint density at radius 2 is 1.94 bits per heavy atom. The van der Waals surface area contributed by atoms with Crippen LogP contribution >= 0.6 is 0 Å². The lowest BCUT2D eigenvalue weighted by Gasteiger charge is -2.26. The van der Waals surface area contributed by atoms with E-state index in [0.29, 0.717) is 43.0 Å². The molecule has 2 saturated heterocycles. The fourth-order valence-corrected chi connectivity index (χ4v) is 4.60. The number of anilines is 1. The average molecular weight is 497 g/mol. The topological polar surface area (TPSA) is 82.2 Å². The first-order valence-electron chi connectivity index (χ1n) is 12.3. The molecule has 0 saturated carbocycles. The van der Waals surface area contributed by atoms with E-state index in [2.05, 4.69) is 5.32 Å². The molecule has 8 nitrogen and oxygen atoms in total. The molecule has 36 heavy (non-hydrogen) atoms. The highest BCUT2D eigenvalue weighted by molar-refractivity contribution is 6.00. The lowest BCUT2D eigenvalue weighted by Crippen LogP contribution is -2.40. The molecule has 0 radical (unpaired) electrons. The molecule has 0 aromatic heterocycles. The Morgan fingerprint density at radius 3 is 2.64 bits per heavy atom. The van der Waals surface area contributed by atoms with E-state index in [1.807, 2.05) is 26.8 Å². The molecule has 192 valence electrons. The first-order valence-corrected chi connectivity index (χ1v) is 12.3. The molecule has 2 fully saturated rings. The van der Waals surface area contributed by atoms with Gasteiger partial charge in [-0.3, -0.25) is 14.5 Å². The van der Waals surface area contributed by atoms with Crippen LogP contribution in [-0.4, -0.2) is 73.0 Å². The summed E-state index contributed by atoms with van der Waals surface area (Å²) in [4.78, 5) is 43.7. The van der Waals surface area contributed by atoms with Crippen molar-refractivity contribution in [3.05, 3.63) is 65.0 Å². The molecule has 9 heteroatoms. The van der Waals surface area contributed by atoms with Crippen LogP contribution in [0.1, 0.15) is 35.3 Å². The molecule has 2 heterocycles. The van der Waals surface area contributed by atoms with E-state index >= 15 is 0 Å². The van der Waals surface area contributed by atoms with E-state index in [-0.39, 0.29) is 49.3 Å². The van der Waals surface area contributed by atoms with Gasteiger partial charge in [0.15, 0.2) is 0 Å². The zero-order valence-electron chi connectivity index (χ0n) is 21.0. The molecule has 1 unspecified atom stereocenters. The van der Waals surface area contributed by atoms with Crippen LogP contribution in [0.15, 0.2) is 42.5 Å². The maximum atomic E-state index is 14.1. The number of nitrogens with zero attached hydrogens (tertiary/aromatic N) is 3. The van der Waals surface area contributed by atoms with Crippen LogP contribution in [0.3, 0.4) is 0 Å². The largest absolute Gasteiger partial charge is 0.370 e. The minimum Gasteiger partial charge on any atom is -0.370 e. The number of nitrogens with one attached hydrogen (secondary N) is 1. The van der Waals surface area contributed by atoms with Crippen molar-refractivity contribution in [1.29, 1.82) is 0 Å². The van der Waals surface area contributed by atoms with Gasteiger partial charge in [0.05, 0.1) is 12.7 Å². The summed E-state index contributed by atoms with van der Waals surface area (Å²) < 4.78 is 20.2. The standard InChI is InChI=1S/C27H33FN4O4/c1-18(2)13-30-14-22(36-17-21-6-4-5-7-23(21)28)15-31(16-25(30)33)26(34)20-9-8-19(3)24(12-20)32-11-10-29-27(32)35/h4-9,12,18,22H,10-11,13-17H2,1-3H3,(H,29,35). The second-order valence-corrected chi connectivity index (χ2v) is 9.79. The average Bonchev–Trinajstić information content (AvgIpc) is 3.20. The first kappa shape index (κ1) is 25.6. The molecular formula is C27H33FN4O4. The molecule has 2 aliphatic heterocycles. The third kappa shape index (κ3) is 5.84. The van der Waals surface area contributed by atoms with Crippen molar-refractivity contribution in [3.63, 3.8) is 0 Å². The van der Waals surface area contributed by atoms with Crippen LogP contribution in [0.4, 0.5) is 14.9 Å². The lowest BCUT2D eigenvalue weighted by molar-refractivity contribution is -0.132. The first-order chi connectivity index (χ1) is 17.2. The van der Waals surface area contributed by atoms with Gasteiger partial charge in [-0.1, -0.05) is 38.1 Å². The molecule has 1 N–H and O–H groups in total. The van der Waals surface area contributed by atoms with Gasteiger partial charge >= 0.3 is 6.03 Å². The molecule has 2 aromatic carbocycles. The van der Waals surface area contributed by atoms with E-state index in [9.17, 15) is 18.8 Å². The highest BCUT2D eigenvalue weighted by Crippen LogP contribution is 2.25. The lowest BCUT2D eigenvalue weighted by atomic mass is 10.1. The number of hydrogen-bond donors (Lipinski definition) is 1. The molecular weight excluding hydrogens is 463 g/mol. The summed E-state index contributed by atoms with van der Waals surface area (Å²) in [6.45, 7) is 8.04. The van der Waals surface area contributed by atoms with E-state index in [1.54, 1.807) is 40.1 Å². The van der Waals surface area contributed by atoms with Crippen molar-refractivity contribution in [2.24, 2.45) is 5.92 Å². The number of halogens is 1. The highest BCUT2D eigenvalue weighted by Gasteiger charge is 2.32. The summed E-state index contributed by atoms with van der Waals surface area (Å²) in [7, 11) is 0. The summed E-state index contributed by atoms with van der Waals surface area (Å²) in [5.41, 5.74) is 2.37. The number of benzene rings is 2. The van der Waals surface area contributed by atoms with Crippen molar-refractivity contribution in [3.8, 4) is 0 Å². The number of ether oxygens (including phenoxy) is 1. The fourth-order valence-electron chi connectivity index (χ4n) is 4.60. The van der Waals surface area contributed by atoms with Gasteiger partial charge < -0.3 is 19.9 Å². The zero-order valence-corrected chi connectivity index (χ0v) is 21.0. The van der Waals surface area contributed by atoms with E-state index in [1.165, 1.54) is 11.0 Å². The number of hydrogen-bond acceptors (Lipinski definition) is 4. The van der Waals surface area contributed by atoms with E-state index in [4.69, 9.17) is 4.74 Å². The minimum atomic E-state index is -0.479. The van der Waals surface area contributed by atoms with Crippen molar-refractivity contribution >= 4 is 23.5 Å². The summed E-state index contributed by atoms with van der Waals surface area (Å²) >= 11 is 0. The predicted octanol–water partition coefficient (Wildman–Crippen LogP) is 3.19. The normalized spacial score (nSPS) is 18.6. The number of rotatable bonds is 7. The Kier molecular flexibility index (Phi) is 7.88. The van der Waals surface area contributed by atoms with Gasteiger partial charge in [0, 0.05) is 49.5 Å². The number of aryl methyl sites for hydroxylation is 1. The van der Waals surface area contributed by atoms with Gasteiger partial charge in [-0.05, 0) is 36.6 Å². The fraction of sp³-hybridized carbons (Fsp3) is 0.444. The second-order valence-electron chi connectivity index (χ2n) is 9.79. The van der Waals surface area contributed by atoms with Gasteiger partial charge in [-0.15, -0.1) is 0 Å². The molecule has 2 aromatic rings. The quantitative estimate of drug-likeness (QED) is 0.638. The number of urea groups is 1. The van der Waals surface area contributed by atoms with Crippen molar-refractivity contribution in [1.82, 2.24) is 15.1 Å². The summed E-state index contributed by atoms with van der Waals surface area (Å²) in [5, 5.41) is 2.78. The molecule has 0 spiro atoms. The molecule has 4 rings (SSSR count). The van der Waals surface area contributed by atoms with Crippen LogP contribution in [0.5, 0.6) is 0 Å². The van der Waals surface area contributed by atoms with Crippen LogP contribution in [-0.2, 0) is 16.1 Å². The van der Waals surface area contributed by atoms with Gasteiger partial charge in [-0.2, -0.15) is 0 Å². The van der Waals surface area contributed by atoms with Crippen LogP contribution < -0.4 is 10.2 Å². The monoisotopic (exact) mass is 496 g/mol. The number of carbonyl (C=O) groups excluding carboxylic acids is 3. The van der Waals surface area contributed by atoms with Crippen LogP contribution in [0, 0.1) is 18.7 Å². The minimum absolute atomic E-state index is 0.0435. The predicted molar refractivity (Wildman–Crippen MR) is 134 cm³/mol. The molecule has 0 aliphatic carbocycles. The Morgan fingerprint density at radius 1 is 1.17 bits per heavy atom. The smallest absolute Gasteiger partial charge is 0.322 e. The Bertz CT molecular complexity index is 1140.